The third kappa shape index (κ3) is 3.28. The molecule has 0 aromatic rings. The van der Waals surface area contributed by atoms with Crippen LogP contribution in [0, 0.1) is 17.3 Å². The van der Waals surface area contributed by atoms with Gasteiger partial charge in [-0.05, 0) is 24.7 Å². The van der Waals surface area contributed by atoms with Gasteiger partial charge >= 0.3 is 0 Å². The molecule has 0 bridgehead atoms. The molecule has 0 aromatic carbocycles. The molecule has 1 rings (SSSR count). The fraction of sp³-hybridized carbons (Fsp3) is 1.00. The van der Waals surface area contributed by atoms with Gasteiger partial charge in [0.25, 0.3) is 0 Å². The lowest BCUT2D eigenvalue weighted by molar-refractivity contribution is 0.0928. The van der Waals surface area contributed by atoms with E-state index in [-0.39, 0.29) is 12.0 Å². The van der Waals surface area contributed by atoms with Gasteiger partial charge in [0.15, 0.2) is 0 Å². The highest BCUT2D eigenvalue weighted by Gasteiger charge is 2.35. The molecule has 1 fully saturated rings. The number of hydrogen-bond donors (Lipinski definition) is 2. The molecule has 2 heteroatoms. The van der Waals surface area contributed by atoms with E-state index in [2.05, 4.69) is 13.8 Å². The van der Waals surface area contributed by atoms with Crippen molar-refractivity contribution in [3.8, 4) is 0 Å². The summed E-state index contributed by atoms with van der Waals surface area (Å²) in [5.74, 6) is 1.49. The average molecular weight is 185 g/mol. The van der Waals surface area contributed by atoms with E-state index in [1.165, 1.54) is 12.8 Å². The molecule has 1 aliphatic carbocycles. The van der Waals surface area contributed by atoms with Gasteiger partial charge in [-0.1, -0.05) is 26.7 Å². The molecule has 1 saturated carbocycles. The highest BCUT2D eigenvalue weighted by atomic mass is 16.3. The monoisotopic (exact) mass is 185 g/mol. The summed E-state index contributed by atoms with van der Waals surface area (Å²) in [5.41, 5.74) is 5.81. The van der Waals surface area contributed by atoms with Crippen molar-refractivity contribution in [3.05, 3.63) is 0 Å². The zero-order valence-electron chi connectivity index (χ0n) is 8.92. The zero-order valence-corrected chi connectivity index (χ0v) is 8.92. The zero-order chi connectivity index (χ0) is 9.90. The van der Waals surface area contributed by atoms with Crippen molar-refractivity contribution in [1.29, 1.82) is 0 Å². The molecule has 13 heavy (non-hydrogen) atoms. The molecule has 3 N–H and O–H groups in total. The van der Waals surface area contributed by atoms with Crippen molar-refractivity contribution >= 4 is 0 Å². The Labute approximate surface area is 81.5 Å². The van der Waals surface area contributed by atoms with Crippen LogP contribution in [0.3, 0.4) is 0 Å². The first-order valence-electron chi connectivity index (χ1n) is 5.43. The molecule has 0 radical (unpaired) electrons. The molecule has 0 saturated heterocycles. The van der Waals surface area contributed by atoms with E-state index >= 15 is 0 Å². The first-order valence-corrected chi connectivity index (χ1v) is 5.43. The van der Waals surface area contributed by atoms with E-state index in [0.717, 1.165) is 18.8 Å². The van der Waals surface area contributed by atoms with Crippen molar-refractivity contribution in [2.24, 2.45) is 23.0 Å². The van der Waals surface area contributed by atoms with Crippen LogP contribution < -0.4 is 5.73 Å². The lowest BCUT2D eigenvalue weighted by atomic mass is 9.76. The predicted octanol–water partition coefficient (Wildman–Crippen LogP) is 1.77. The molecule has 1 aliphatic rings. The minimum absolute atomic E-state index is 0.0231. The van der Waals surface area contributed by atoms with Gasteiger partial charge in [0.05, 0.1) is 0 Å². The van der Waals surface area contributed by atoms with E-state index in [9.17, 15) is 5.11 Å². The Balaban J connectivity index is 2.48. The molecule has 1 unspecified atom stereocenters. The van der Waals surface area contributed by atoms with Crippen LogP contribution in [-0.2, 0) is 0 Å². The van der Waals surface area contributed by atoms with Crippen molar-refractivity contribution < 1.29 is 5.11 Å². The summed E-state index contributed by atoms with van der Waals surface area (Å²) in [4.78, 5) is 0. The molecule has 1 atom stereocenters. The minimum atomic E-state index is 0.0231. The summed E-state index contributed by atoms with van der Waals surface area (Å²) < 4.78 is 0. The quantitative estimate of drug-likeness (QED) is 0.662. The highest BCUT2D eigenvalue weighted by Crippen LogP contribution is 2.42. The van der Waals surface area contributed by atoms with Crippen LogP contribution in [0.2, 0.25) is 0 Å². The van der Waals surface area contributed by atoms with Crippen LogP contribution in [0.15, 0.2) is 0 Å². The van der Waals surface area contributed by atoms with Gasteiger partial charge in [0.2, 0.25) is 0 Å². The molecule has 0 heterocycles. The molecule has 0 spiro atoms. The number of aliphatic hydroxyl groups excluding tert-OH is 1. The van der Waals surface area contributed by atoms with E-state index in [4.69, 9.17) is 5.73 Å². The average Bonchev–Trinajstić information content (AvgIpc) is 2.86. The summed E-state index contributed by atoms with van der Waals surface area (Å²) in [6.45, 7) is 5.30. The van der Waals surface area contributed by atoms with E-state index in [1.807, 2.05) is 0 Å². The first kappa shape index (κ1) is 11.0. The second-order valence-electron chi connectivity index (χ2n) is 5.11. The normalized spacial score (nSPS) is 21.9. The van der Waals surface area contributed by atoms with Gasteiger partial charge in [-0.25, -0.2) is 0 Å². The lowest BCUT2D eigenvalue weighted by Gasteiger charge is -2.32. The SMILES string of the molecule is CC(C)CC(CN)(CO)CC1CC1. The van der Waals surface area contributed by atoms with E-state index in [0.29, 0.717) is 12.5 Å². The van der Waals surface area contributed by atoms with Gasteiger partial charge < -0.3 is 10.8 Å². The Morgan fingerprint density at radius 3 is 2.38 bits per heavy atom. The Kier molecular flexibility index (Phi) is 3.74. The topological polar surface area (TPSA) is 46.2 Å². The highest BCUT2D eigenvalue weighted by molar-refractivity contribution is 4.88. The molecule has 78 valence electrons. The maximum atomic E-state index is 9.42. The minimum Gasteiger partial charge on any atom is -0.396 e. The Hall–Kier alpha value is -0.0800. The summed E-state index contributed by atoms with van der Waals surface area (Å²) in [6, 6.07) is 0. The van der Waals surface area contributed by atoms with Crippen LogP contribution in [-0.4, -0.2) is 18.3 Å². The van der Waals surface area contributed by atoms with Crippen LogP contribution >= 0.6 is 0 Å². The molecule has 0 amide bonds. The van der Waals surface area contributed by atoms with Crippen molar-refractivity contribution in [1.82, 2.24) is 0 Å². The smallest absolute Gasteiger partial charge is 0.0499 e. The van der Waals surface area contributed by atoms with Gasteiger partial charge in [0, 0.05) is 18.6 Å². The molecular formula is C11H23NO. The maximum Gasteiger partial charge on any atom is 0.0499 e. The Morgan fingerprint density at radius 1 is 1.46 bits per heavy atom. The number of rotatable bonds is 6. The second-order valence-corrected chi connectivity index (χ2v) is 5.11. The fourth-order valence-corrected chi connectivity index (χ4v) is 2.24. The predicted molar refractivity (Wildman–Crippen MR) is 55.4 cm³/mol. The van der Waals surface area contributed by atoms with Crippen molar-refractivity contribution in [2.75, 3.05) is 13.2 Å². The summed E-state index contributed by atoms with van der Waals surface area (Å²) in [5, 5.41) is 9.42. The fourth-order valence-electron chi connectivity index (χ4n) is 2.24. The lowest BCUT2D eigenvalue weighted by Crippen LogP contribution is -2.36. The number of aliphatic hydroxyl groups is 1. The molecule has 0 aliphatic heterocycles. The van der Waals surface area contributed by atoms with E-state index < -0.39 is 0 Å². The van der Waals surface area contributed by atoms with E-state index in [1.54, 1.807) is 0 Å². The Morgan fingerprint density at radius 2 is 2.08 bits per heavy atom. The molecule has 0 aromatic heterocycles. The maximum absolute atomic E-state index is 9.42. The van der Waals surface area contributed by atoms with Crippen LogP contribution in [0.4, 0.5) is 0 Å². The third-order valence-electron chi connectivity index (χ3n) is 3.03. The van der Waals surface area contributed by atoms with Crippen LogP contribution in [0.5, 0.6) is 0 Å². The van der Waals surface area contributed by atoms with Crippen LogP contribution in [0.25, 0.3) is 0 Å². The molecule has 2 nitrogen and oxygen atoms in total. The number of hydrogen-bond acceptors (Lipinski definition) is 2. The summed E-state index contributed by atoms with van der Waals surface area (Å²) in [7, 11) is 0. The van der Waals surface area contributed by atoms with Crippen molar-refractivity contribution in [3.63, 3.8) is 0 Å². The van der Waals surface area contributed by atoms with Gasteiger partial charge in [0.1, 0.15) is 0 Å². The third-order valence-corrected chi connectivity index (χ3v) is 3.03. The Bertz CT molecular complexity index is 142. The summed E-state index contributed by atoms with van der Waals surface area (Å²) >= 11 is 0. The summed E-state index contributed by atoms with van der Waals surface area (Å²) in [6.07, 6.45) is 4.90. The van der Waals surface area contributed by atoms with Gasteiger partial charge in [-0.2, -0.15) is 0 Å². The van der Waals surface area contributed by atoms with Gasteiger partial charge in [-0.15, -0.1) is 0 Å². The van der Waals surface area contributed by atoms with Crippen molar-refractivity contribution in [2.45, 2.75) is 39.5 Å². The largest absolute Gasteiger partial charge is 0.396 e. The van der Waals surface area contributed by atoms with Crippen LogP contribution in [0.1, 0.15) is 39.5 Å². The second kappa shape index (κ2) is 4.43. The molecular weight excluding hydrogens is 162 g/mol. The standard InChI is InChI=1S/C11H23NO/c1-9(2)5-11(7-12,8-13)6-10-3-4-10/h9-10,13H,3-8,12H2,1-2H3. The number of nitrogens with two attached hydrogens (primary N) is 1. The first-order chi connectivity index (χ1) is 6.12. The van der Waals surface area contributed by atoms with Gasteiger partial charge in [-0.3, -0.25) is 0 Å².